The van der Waals surface area contributed by atoms with E-state index in [2.05, 4.69) is 10.3 Å². The maximum atomic E-state index is 13.2. The maximum Gasteiger partial charge on any atom is 0.254 e. The minimum atomic E-state index is -1.24. The number of rotatable bonds is 4. The van der Waals surface area contributed by atoms with Gasteiger partial charge in [0.1, 0.15) is 0 Å². The monoisotopic (exact) mass is 240 g/mol. The van der Waals surface area contributed by atoms with Crippen molar-refractivity contribution in [3.8, 4) is 0 Å². The Bertz CT molecular complexity index is 419. The highest BCUT2D eigenvalue weighted by Gasteiger charge is 2.19. The van der Waals surface area contributed by atoms with Crippen molar-refractivity contribution in [1.29, 1.82) is 0 Å². The number of carbonyl (C=O) groups excluding carboxylic acids is 1. The quantitative estimate of drug-likeness (QED) is 0.820. The first-order valence-corrected chi connectivity index (χ1v) is 5.76. The summed E-state index contributed by atoms with van der Waals surface area (Å²) < 4.78 is 26.0. The van der Waals surface area contributed by atoms with Crippen LogP contribution in [0, 0.1) is 17.7 Å². The average molecular weight is 240 g/mol. The molecule has 17 heavy (non-hydrogen) atoms. The van der Waals surface area contributed by atoms with E-state index in [1.165, 1.54) is 25.3 Å². The zero-order chi connectivity index (χ0) is 12.3. The molecule has 1 saturated carbocycles. The molecule has 1 fully saturated rings. The molecule has 0 radical (unpaired) electrons. The van der Waals surface area contributed by atoms with Crippen molar-refractivity contribution in [2.75, 3.05) is 6.54 Å². The van der Waals surface area contributed by atoms with Crippen LogP contribution in [0.1, 0.15) is 36.0 Å². The first-order valence-electron chi connectivity index (χ1n) is 5.76. The van der Waals surface area contributed by atoms with Crippen LogP contribution >= 0.6 is 0 Å². The molecular weight excluding hydrogens is 226 g/mol. The van der Waals surface area contributed by atoms with E-state index in [-0.39, 0.29) is 5.56 Å². The molecule has 1 N–H and O–H groups in total. The fourth-order valence-corrected chi connectivity index (χ4v) is 1.86. The normalized spacial score (nSPS) is 15.4. The van der Waals surface area contributed by atoms with Crippen LogP contribution in [0.4, 0.5) is 8.78 Å². The molecule has 1 aromatic rings. The second-order valence-corrected chi connectivity index (χ2v) is 4.30. The fraction of sp³-hybridized carbons (Fsp3) is 0.500. The van der Waals surface area contributed by atoms with Gasteiger partial charge < -0.3 is 5.32 Å². The minimum absolute atomic E-state index is 0.286. The number of halogens is 2. The SMILES string of the molecule is O=C(NCCC1CCC1)c1ccnc(F)c1F. The van der Waals surface area contributed by atoms with Crippen LogP contribution in [-0.2, 0) is 0 Å². The van der Waals surface area contributed by atoms with Gasteiger partial charge in [0.15, 0.2) is 5.82 Å². The molecule has 0 saturated heterocycles. The molecule has 0 atom stereocenters. The molecule has 3 nitrogen and oxygen atoms in total. The molecule has 0 aromatic carbocycles. The van der Waals surface area contributed by atoms with Gasteiger partial charge in [-0.1, -0.05) is 19.3 Å². The summed E-state index contributed by atoms with van der Waals surface area (Å²) in [5.41, 5.74) is -0.286. The number of aromatic nitrogens is 1. The van der Waals surface area contributed by atoms with Crippen LogP contribution < -0.4 is 5.32 Å². The highest BCUT2D eigenvalue weighted by Crippen LogP contribution is 2.28. The van der Waals surface area contributed by atoms with E-state index in [4.69, 9.17) is 0 Å². The molecule has 0 bridgehead atoms. The van der Waals surface area contributed by atoms with Gasteiger partial charge in [0.05, 0.1) is 5.56 Å². The Hall–Kier alpha value is -1.52. The zero-order valence-corrected chi connectivity index (χ0v) is 9.38. The lowest BCUT2D eigenvalue weighted by atomic mass is 9.83. The van der Waals surface area contributed by atoms with Gasteiger partial charge in [-0.05, 0) is 18.4 Å². The second-order valence-electron chi connectivity index (χ2n) is 4.30. The molecule has 1 aliphatic carbocycles. The van der Waals surface area contributed by atoms with Gasteiger partial charge in [-0.15, -0.1) is 0 Å². The third-order valence-electron chi connectivity index (χ3n) is 3.15. The molecule has 1 amide bonds. The van der Waals surface area contributed by atoms with Crippen LogP contribution in [0.3, 0.4) is 0 Å². The molecule has 0 unspecified atom stereocenters. The molecular formula is C12H14F2N2O. The number of hydrogen-bond acceptors (Lipinski definition) is 2. The minimum Gasteiger partial charge on any atom is -0.352 e. The third kappa shape index (κ3) is 2.78. The van der Waals surface area contributed by atoms with E-state index < -0.39 is 17.7 Å². The van der Waals surface area contributed by atoms with Gasteiger partial charge in [0.25, 0.3) is 5.91 Å². The maximum absolute atomic E-state index is 13.2. The second kappa shape index (κ2) is 5.21. The summed E-state index contributed by atoms with van der Waals surface area (Å²) in [4.78, 5) is 14.7. The van der Waals surface area contributed by atoms with Crippen LogP contribution in [0.5, 0.6) is 0 Å². The topological polar surface area (TPSA) is 42.0 Å². The number of carbonyl (C=O) groups is 1. The standard InChI is InChI=1S/C12H14F2N2O/c13-10-9(5-7-15-11(10)14)12(17)16-6-4-8-2-1-3-8/h5,7-8H,1-4,6H2,(H,16,17). The Balaban J connectivity index is 1.87. The Morgan fingerprint density at radius 1 is 1.47 bits per heavy atom. The predicted molar refractivity (Wildman–Crippen MR) is 58.4 cm³/mol. The van der Waals surface area contributed by atoms with Crippen molar-refractivity contribution in [3.63, 3.8) is 0 Å². The number of pyridine rings is 1. The lowest BCUT2D eigenvalue weighted by molar-refractivity contribution is 0.0943. The van der Waals surface area contributed by atoms with Gasteiger partial charge in [-0.2, -0.15) is 4.39 Å². The van der Waals surface area contributed by atoms with E-state index in [1.54, 1.807) is 0 Å². The summed E-state index contributed by atoms with van der Waals surface area (Å²) in [6.07, 6.45) is 5.64. The molecule has 5 heteroatoms. The summed E-state index contributed by atoms with van der Waals surface area (Å²) in [5.74, 6) is -2.33. The summed E-state index contributed by atoms with van der Waals surface area (Å²) in [7, 11) is 0. The van der Waals surface area contributed by atoms with Gasteiger partial charge in [-0.3, -0.25) is 4.79 Å². The molecule has 1 heterocycles. The van der Waals surface area contributed by atoms with Crippen LogP contribution in [-0.4, -0.2) is 17.4 Å². The largest absolute Gasteiger partial charge is 0.352 e. The van der Waals surface area contributed by atoms with Gasteiger partial charge in [-0.25, -0.2) is 9.37 Å². The Morgan fingerprint density at radius 2 is 2.24 bits per heavy atom. The average Bonchev–Trinajstić information content (AvgIpc) is 2.25. The van der Waals surface area contributed by atoms with E-state index in [9.17, 15) is 13.6 Å². The molecule has 0 spiro atoms. The van der Waals surface area contributed by atoms with E-state index in [0.29, 0.717) is 12.5 Å². The number of nitrogens with one attached hydrogen (secondary N) is 1. The van der Waals surface area contributed by atoms with Gasteiger partial charge in [0, 0.05) is 12.7 Å². The van der Waals surface area contributed by atoms with Crippen molar-refractivity contribution in [2.45, 2.75) is 25.7 Å². The van der Waals surface area contributed by atoms with Crippen molar-refractivity contribution in [2.24, 2.45) is 5.92 Å². The van der Waals surface area contributed by atoms with E-state index >= 15 is 0 Å². The van der Waals surface area contributed by atoms with Crippen molar-refractivity contribution < 1.29 is 13.6 Å². The first kappa shape index (κ1) is 12.0. The highest BCUT2D eigenvalue weighted by molar-refractivity contribution is 5.94. The molecule has 0 aliphatic heterocycles. The van der Waals surface area contributed by atoms with Gasteiger partial charge in [0.2, 0.25) is 5.95 Å². The zero-order valence-electron chi connectivity index (χ0n) is 9.38. The smallest absolute Gasteiger partial charge is 0.254 e. The first-order chi connectivity index (χ1) is 8.18. The van der Waals surface area contributed by atoms with Crippen molar-refractivity contribution in [1.82, 2.24) is 10.3 Å². The van der Waals surface area contributed by atoms with E-state index in [1.807, 2.05) is 0 Å². The van der Waals surface area contributed by atoms with Crippen molar-refractivity contribution in [3.05, 3.63) is 29.6 Å². The molecule has 2 rings (SSSR count). The van der Waals surface area contributed by atoms with E-state index in [0.717, 1.165) is 12.6 Å². The summed E-state index contributed by atoms with van der Waals surface area (Å²) in [6, 6.07) is 1.18. The summed E-state index contributed by atoms with van der Waals surface area (Å²) in [5, 5.41) is 2.59. The lowest BCUT2D eigenvalue weighted by Crippen LogP contribution is -2.28. The van der Waals surface area contributed by atoms with Crippen LogP contribution in [0.15, 0.2) is 12.3 Å². The molecule has 1 aromatic heterocycles. The highest BCUT2D eigenvalue weighted by atomic mass is 19.2. The number of amides is 1. The van der Waals surface area contributed by atoms with Gasteiger partial charge >= 0.3 is 0 Å². The number of hydrogen-bond donors (Lipinski definition) is 1. The number of nitrogens with zero attached hydrogens (tertiary/aromatic N) is 1. The Labute approximate surface area is 98.2 Å². The third-order valence-corrected chi connectivity index (χ3v) is 3.15. The Kier molecular flexibility index (Phi) is 3.66. The summed E-state index contributed by atoms with van der Waals surface area (Å²) in [6.45, 7) is 0.507. The molecule has 92 valence electrons. The fourth-order valence-electron chi connectivity index (χ4n) is 1.86. The predicted octanol–water partition coefficient (Wildman–Crippen LogP) is 2.28. The van der Waals surface area contributed by atoms with Crippen LogP contribution in [0.2, 0.25) is 0 Å². The van der Waals surface area contributed by atoms with Crippen LogP contribution in [0.25, 0.3) is 0 Å². The summed E-state index contributed by atoms with van der Waals surface area (Å²) >= 11 is 0. The lowest BCUT2D eigenvalue weighted by Gasteiger charge is -2.25. The molecule has 1 aliphatic rings. The Morgan fingerprint density at radius 3 is 2.88 bits per heavy atom. The van der Waals surface area contributed by atoms with Crippen molar-refractivity contribution >= 4 is 5.91 Å².